The van der Waals surface area contributed by atoms with Gasteiger partial charge < -0.3 is 8.39 Å². The largest absolute Gasteiger partial charge is 0.403 e. The third kappa shape index (κ3) is 4.35. The Bertz CT molecular complexity index is 2310. The van der Waals surface area contributed by atoms with Crippen molar-refractivity contribution in [1.29, 1.82) is 0 Å². The van der Waals surface area contributed by atoms with E-state index in [1.807, 2.05) is 0 Å². The molecule has 222 valence electrons. The zero-order valence-electron chi connectivity index (χ0n) is 25.6. The van der Waals surface area contributed by atoms with Gasteiger partial charge in [-0.05, 0) is 76.2 Å². The van der Waals surface area contributed by atoms with Gasteiger partial charge in [0.05, 0.1) is 5.69 Å². The average Bonchev–Trinajstić information content (AvgIpc) is 3.29. The SMILES string of the molecule is C[C@@H]1CCc2ccccc2N1p1oc2c(-c3ccccc3)cc3ccccc3c2c2c(o1)c(-c1ccccc1)cc1ccccc12. The van der Waals surface area contributed by atoms with Crippen molar-refractivity contribution in [1.82, 2.24) is 0 Å². The van der Waals surface area contributed by atoms with Gasteiger partial charge in [-0.25, -0.2) is 0 Å². The molecule has 8 aromatic rings. The minimum absolute atomic E-state index is 0.243. The van der Waals surface area contributed by atoms with E-state index in [1.54, 1.807) is 0 Å². The van der Waals surface area contributed by atoms with E-state index in [4.69, 9.17) is 8.39 Å². The smallest absolute Gasteiger partial charge is 0.341 e. The van der Waals surface area contributed by atoms with E-state index in [0.29, 0.717) is 0 Å². The van der Waals surface area contributed by atoms with Gasteiger partial charge >= 0.3 is 8.16 Å². The summed E-state index contributed by atoms with van der Waals surface area (Å²) in [7, 11) is -1.61. The number of anilines is 1. The van der Waals surface area contributed by atoms with Crippen molar-refractivity contribution >= 4 is 57.3 Å². The zero-order chi connectivity index (χ0) is 30.6. The van der Waals surface area contributed by atoms with E-state index in [1.165, 1.54) is 22.0 Å². The van der Waals surface area contributed by atoms with Crippen LogP contribution < -0.4 is 4.67 Å². The van der Waals surface area contributed by atoms with Gasteiger partial charge in [-0.1, -0.05) is 127 Å². The summed E-state index contributed by atoms with van der Waals surface area (Å²) in [6, 6.07) is 52.2. The first-order chi connectivity index (χ1) is 22.7. The lowest BCUT2D eigenvalue weighted by molar-refractivity contribution is 0.585. The summed E-state index contributed by atoms with van der Waals surface area (Å²) in [4.78, 5) is 0. The van der Waals surface area contributed by atoms with Crippen molar-refractivity contribution in [2.24, 2.45) is 0 Å². The molecule has 1 aromatic heterocycles. The average molecular weight is 614 g/mol. The molecule has 0 saturated carbocycles. The number of benzene rings is 7. The quantitative estimate of drug-likeness (QED) is 0.199. The molecule has 2 heterocycles. The van der Waals surface area contributed by atoms with Gasteiger partial charge in [0.25, 0.3) is 0 Å². The second-order valence-electron chi connectivity index (χ2n) is 12.2. The van der Waals surface area contributed by atoms with Crippen LogP contribution in [0.15, 0.2) is 154 Å². The minimum Gasteiger partial charge on any atom is -0.403 e. The molecule has 0 fully saturated rings. The molecule has 0 bridgehead atoms. The standard InChI is InChI=1S/C42H32NO2P/c1-28-24-25-31-18-10-13-23-38(31)43(28)46-44-41-36(29-14-4-2-5-15-29)26-32-19-8-11-21-34(32)39(41)40-35-22-12-9-20-33(35)27-37(42(40)45-46)30-16-6-3-7-17-30/h2-23,26-28H,24-25H2,1H3/t28-/m1/s1. The second kappa shape index (κ2) is 11.0. The van der Waals surface area contributed by atoms with Crippen LogP contribution in [-0.4, -0.2) is 6.04 Å². The molecule has 0 aliphatic carbocycles. The normalized spacial score (nSPS) is 14.6. The van der Waals surface area contributed by atoms with Gasteiger partial charge in [-0.15, -0.1) is 0 Å². The Morgan fingerprint density at radius 3 is 1.61 bits per heavy atom. The molecule has 0 radical (unpaired) electrons. The van der Waals surface area contributed by atoms with Crippen molar-refractivity contribution < 1.29 is 8.39 Å². The number of para-hydroxylation sites is 1. The minimum atomic E-state index is -1.61. The number of hydrogen-bond acceptors (Lipinski definition) is 3. The van der Waals surface area contributed by atoms with Gasteiger partial charge in [0.1, 0.15) is 0 Å². The highest BCUT2D eigenvalue weighted by Crippen LogP contribution is 2.51. The fourth-order valence-corrected chi connectivity index (χ4v) is 8.90. The number of nitrogens with zero attached hydrogens (tertiary/aromatic N) is 1. The Morgan fingerprint density at radius 1 is 0.565 bits per heavy atom. The van der Waals surface area contributed by atoms with E-state index < -0.39 is 8.16 Å². The predicted octanol–water partition coefficient (Wildman–Crippen LogP) is 12.5. The van der Waals surface area contributed by atoms with Crippen molar-refractivity contribution in [2.45, 2.75) is 25.8 Å². The maximum atomic E-state index is 7.41. The van der Waals surface area contributed by atoms with Crippen LogP contribution in [0.1, 0.15) is 18.9 Å². The topological polar surface area (TPSA) is 29.5 Å². The molecule has 4 heteroatoms. The Balaban J connectivity index is 1.57. The van der Waals surface area contributed by atoms with Crippen molar-refractivity contribution in [3.63, 3.8) is 0 Å². The maximum absolute atomic E-state index is 7.41. The molecule has 0 spiro atoms. The third-order valence-electron chi connectivity index (χ3n) is 9.42. The highest BCUT2D eigenvalue weighted by Gasteiger charge is 2.29. The van der Waals surface area contributed by atoms with Crippen LogP contribution in [0.3, 0.4) is 0 Å². The summed E-state index contributed by atoms with van der Waals surface area (Å²) in [6.45, 7) is 2.30. The van der Waals surface area contributed by atoms with Crippen molar-refractivity contribution in [3.05, 3.63) is 151 Å². The Hall–Kier alpha value is -5.24. The van der Waals surface area contributed by atoms with E-state index in [-0.39, 0.29) is 6.04 Å². The molecule has 3 nitrogen and oxygen atoms in total. The second-order valence-corrected chi connectivity index (χ2v) is 13.5. The van der Waals surface area contributed by atoms with Crippen LogP contribution in [0, 0.1) is 0 Å². The highest BCUT2D eigenvalue weighted by atomic mass is 31.1. The van der Waals surface area contributed by atoms with Gasteiger partial charge in [0.2, 0.25) is 0 Å². The molecule has 1 aliphatic rings. The summed E-state index contributed by atoms with van der Waals surface area (Å²) in [5.41, 5.74) is 8.68. The summed E-state index contributed by atoms with van der Waals surface area (Å²) >= 11 is 0. The Kier molecular flexibility index (Phi) is 6.47. The van der Waals surface area contributed by atoms with Crippen LogP contribution in [-0.2, 0) is 6.42 Å². The summed E-state index contributed by atoms with van der Waals surface area (Å²) < 4.78 is 17.2. The molecule has 1 aliphatic heterocycles. The van der Waals surface area contributed by atoms with E-state index in [9.17, 15) is 0 Å². The molecular weight excluding hydrogens is 581 g/mol. The molecule has 9 rings (SSSR count). The molecule has 0 saturated heterocycles. The number of aryl methyl sites for hydroxylation is 1. The van der Waals surface area contributed by atoms with Crippen LogP contribution >= 0.6 is 8.16 Å². The number of rotatable bonds is 3. The lowest BCUT2D eigenvalue weighted by atomic mass is 9.91. The van der Waals surface area contributed by atoms with Crippen molar-refractivity contribution in [2.75, 3.05) is 4.67 Å². The molecular formula is C42H32NO2P. The van der Waals surface area contributed by atoms with Crippen LogP contribution in [0.5, 0.6) is 0 Å². The Labute approximate surface area is 268 Å². The van der Waals surface area contributed by atoms with E-state index in [0.717, 1.165) is 67.8 Å². The molecule has 1 atom stereocenters. The summed E-state index contributed by atoms with van der Waals surface area (Å²) in [6.07, 6.45) is 2.08. The summed E-state index contributed by atoms with van der Waals surface area (Å²) in [5, 5.41) is 6.83. The molecule has 0 unspecified atom stereocenters. The first-order valence-electron chi connectivity index (χ1n) is 16.0. The monoisotopic (exact) mass is 613 g/mol. The Morgan fingerprint density at radius 2 is 1.04 bits per heavy atom. The van der Waals surface area contributed by atoms with Crippen LogP contribution in [0.2, 0.25) is 0 Å². The number of fused-ring (bicyclic) bond motifs is 8. The molecule has 0 N–H and O–H groups in total. The van der Waals surface area contributed by atoms with E-state index >= 15 is 0 Å². The maximum Gasteiger partial charge on any atom is 0.341 e. The zero-order valence-corrected chi connectivity index (χ0v) is 26.5. The summed E-state index contributed by atoms with van der Waals surface area (Å²) in [5.74, 6) is 0. The van der Waals surface area contributed by atoms with Gasteiger partial charge in [-0.3, -0.25) is 4.67 Å². The third-order valence-corrected chi connectivity index (χ3v) is 11.1. The molecule has 7 aromatic carbocycles. The highest BCUT2D eigenvalue weighted by molar-refractivity contribution is 7.39. The molecule has 46 heavy (non-hydrogen) atoms. The molecule has 0 amide bonds. The fourth-order valence-electron chi connectivity index (χ4n) is 7.19. The van der Waals surface area contributed by atoms with E-state index in [2.05, 4.69) is 157 Å². The van der Waals surface area contributed by atoms with Gasteiger partial charge in [0.15, 0.2) is 11.2 Å². The van der Waals surface area contributed by atoms with Gasteiger partial charge in [0, 0.05) is 27.9 Å². The lowest BCUT2D eigenvalue weighted by Crippen LogP contribution is -2.30. The van der Waals surface area contributed by atoms with Gasteiger partial charge in [-0.2, -0.15) is 0 Å². The van der Waals surface area contributed by atoms with Crippen LogP contribution in [0.25, 0.3) is 65.7 Å². The predicted molar refractivity (Wildman–Crippen MR) is 194 cm³/mol. The van der Waals surface area contributed by atoms with Crippen LogP contribution in [0.4, 0.5) is 5.69 Å². The first kappa shape index (κ1) is 27.1. The lowest BCUT2D eigenvalue weighted by Gasteiger charge is -2.33. The van der Waals surface area contributed by atoms with Crippen molar-refractivity contribution in [3.8, 4) is 22.3 Å². The first-order valence-corrected chi connectivity index (χ1v) is 17.1. The fraction of sp³-hybridized carbons (Fsp3) is 0.0952. The number of hydrogen-bond donors (Lipinski definition) is 0.